The highest BCUT2D eigenvalue weighted by atomic mass is 35.5. The van der Waals surface area contributed by atoms with Crippen LogP contribution in [0, 0.1) is 0 Å². The Labute approximate surface area is 153 Å². The van der Waals surface area contributed by atoms with Crippen LogP contribution >= 0.6 is 24.2 Å². The van der Waals surface area contributed by atoms with Gasteiger partial charge in [-0.3, -0.25) is 4.79 Å². The first-order valence-corrected chi connectivity index (χ1v) is 8.70. The van der Waals surface area contributed by atoms with Crippen LogP contribution in [0.15, 0.2) is 12.1 Å². The van der Waals surface area contributed by atoms with Gasteiger partial charge >= 0.3 is 0 Å². The van der Waals surface area contributed by atoms with Crippen molar-refractivity contribution in [2.75, 3.05) is 39.4 Å². The summed E-state index contributed by atoms with van der Waals surface area (Å²) < 4.78 is 16.0. The summed E-state index contributed by atoms with van der Waals surface area (Å²) in [5.74, 6) is 3.84. The van der Waals surface area contributed by atoms with Gasteiger partial charge in [-0.15, -0.1) is 12.4 Å². The first-order chi connectivity index (χ1) is 11.2. The van der Waals surface area contributed by atoms with Crippen LogP contribution in [-0.2, 0) is 11.3 Å². The van der Waals surface area contributed by atoms with E-state index in [1.165, 1.54) is 0 Å². The third-order valence-corrected chi connectivity index (χ3v) is 4.82. The van der Waals surface area contributed by atoms with E-state index in [0.717, 1.165) is 23.6 Å². The summed E-state index contributed by atoms with van der Waals surface area (Å²) in [5.41, 5.74) is 0.851. The van der Waals surface area contributed by atoms with Gasteiger partial charge in [0.2, 0.25) is 11.7 Å². The van der Waals surface area contributed by atoms with Crippen LogP contribution in [0.1, 0.15) is 12.0 Å². The van der Waals surface area contributed by atoms with Gasteiger partial charge < -0.3 is 24.8 Å². The standard InChI is InChI=1S/C16H24N2O4S.ClH/c1-20-13-5-4-11(15(21-2)16(13)22-3)9-18-14(19)8-12-10-23-7-6-17-12;/h4-5,12,17H,6-10H2,1-3H3,(H,18,19);1H. The van der Waals surface area contributed by atoms with Gasteiger partial charge in [0.15, 0.2) is 11.5 Å². The lowest BCUT2D eigenvalue weighted by Gasteiger charge is -2.22. The van der Waals surface area contributed by atoms with Crippen LogP contribution < -0.4 is 24.8 Å². The number of thioether (sulfide) groups is 1. The molecular weight excluding hydrogens is 352 g/mol. The Hall–Kier alpha value is -1.31. The predicted octanol–water partition coefficient (Wildman–Crippen LogP) is 1.85. The molecule has 0 aliphatic carbocycles. The summed E-state index contributed by atoms with van der Waals surface area (Å²) in [4.78, 5) is 12.1. The number of methoxy groups -OCH3 is 3. The second-order valence-corrected chi connectivity index (χ2v) is 6.35. The molecule has 0 bridgehead atoms. The van der Waals surface area contributed by atoms with E-state index in [2.05, 4.69) is 10.6 Å². The summed E-state index contributed by atoms with van der Waals surface area (Å²) in [7, 11) is 4.72. The zero-order chi connectivity index (χ0) is 16.7. The predicted molar refractivity (Wildman–Crippen MR) is 98.9 cm³/mol. The first-order valence-electron chi connectivity index (χ1n) is 7.55. The summed E-state index contributed by atoms with van der Waals surface area (Å²) in [5, 5.41) is 6.31. The van der Waals surface area contributed by atoms with E-state index in [9.17, 15) is 4.79 Å². The zero-order valence-corrected chi connectivity index (χ0v) is 15.9. The number of halogens is 1. The van der Waals surface area contributed by atoms with Crippen molar-refractivity contribution in [3.63, 3.8) is 0 Å². The minimum absolute atomic E-state index is 0. The normalized spacial score (nSPS) is 16.7. The van der Waals surface area contributed by atoms with Crippen molar-refractivity contribution in [3.8, 4) is 17.2 Å². The van der Waals surface area contributed by atoms with E-state index in [-0.39, 0.29) is 24.4 Å². The van der Waals surface area contributed by atoms with Crippen molar-refractivity contribution < 1.29 is 19.0 Å². The highest BCUT2D eigenvalue weighted by molar-refractivity contribution is 7.99. The Bertz CT molecular complexity index is 539. The van der Waals surface area contributed by atoms with Gasteiger partial charge in [-0.25, -0.2) is 0 Å². The molecule has 1 aliphatic rings. The van der Waals surface area contributed by atoms with Crippen LogP contribution in [0.3, 0.4) is 0 Å². The molecule has 1 aromatic carbocycles. The molecule has 6 nitrogen and oxygen atoms in total. The smallest absolute Gasteiger partial charge is 0.221 e. The Balaban J connectivity index is 0.00000288. The first kappa shape index (κ1) is 20.7. The molecule has 2 rings (SSSR count). The molecule has 0 saturated carbocycles. The third-order valence-electron chi connectivity index (χ3n) is 3.69. The molecule has 136 valence electrons. The van der Waals surface area contributed by atoms with Crippen LogP contribution in [0.4, 0.5) is 0 Å². The number of rotatable bonds is 7. The number of carbonyl (C=O) groups is 1. The second-order valence-electron chi connectivity index (χ2n) is 5.20. The number of amides is 1. The lowest BCUT2D eigenvalue weighted by Crippen LogP contribution is -2.41. The number of ether oxygens (including phenoxy) is 3. The molecule has 1 aromatic rings. The number of hydrogen-bond acceptors (Lipinski definition) is 6. The number of hydrogen-bond donors (Lipinski definition) is 2. The summed E-state index contributed by atoms with van der Waals surface area (Å²) in [6.45, 7) is 1.36. The van der Waals surface area contributed by atoms with E-state index in [0.29, 0.717) is 30.2 Å². The molecule has 1 atom stereocenters. The van der Waals surface area contributed by atoms with Gasteiger partial charge in [0.25, 0.3) is 0 Å². The number of nitrogens with one attached hydrogen (secondary N) is 2. The molecule has 1 amide bonds. The Morgan fingerprint density at radius 2 is 2.00 bits per heavy atom. The number of benzene rings is 1. The third kappa shape index (κ3) is 5.36. The van der Waals surface area contributed by atoms with Crippen LogP contribution in [-0.4, -0.2) is 51.3 Å². The largest absolute Gasteiger partial charge is 0.493 e. The van der Waals surface area contributed by atoms with E-state index >= 15 is 0 Å². The molecule has 24 heavy (non-hydrogen) atoms. The molecule has 0 radical (unpaired) electrons. The van der Waals surface area contributed by atoms with Gasteiger partial charge in [-0.05, 0) is 12.1 Å². The van der Waals surface area contributed by atoms with Crippen LogP contribution in [0.5, 0.6) is 17.2 Å². The fourth-order valence-corrected chi connectivity index (χ4v) is 3.49. The van der Waals surface area contributed by atoms with E-state index in [1.54, 1.807) is 21.3 Å². The van der Waals surface area contributed by atoms with Gasteiger partial charge in [0.1, 0.15) is 0 Å². The van der Waals surface area contributed by atoms with Crippen LogP contribution in [0.25, 0.3) is 0 Å². The fraction of sp³-hybridized carbons (Fsp3) is 0.562. The van der Waals surface area contributed by atoms with Crippen molar-refractivity contribution in [3.05, 3.63) is 17.7 Å². The minimum atomic E-state index is 0. The molecule has 1 fully saturated rings. The number of carbonyl (C=O) groups excluding carboxylic acids is 1. The van der Waals surface area contributed by atoms with Crippen molar-refractivity contribution >= 4 is 30.1 Å². The monoisotopic (exact) mass is 376 g/mol. The van der Waals surface area contributed by atoms with Crippen molar-refractivity contribution in [1.29, 1.82) is 0 Å². The molecule has 2 N–H and O–H groups in total. The quantitative estimate of drug-likeness (QED) is 0.756. The molecule has 1 heterocycles. The SMILES string of the molecule is COc1ccc(CNC(=O)CC2CSCCN2)c(OC)c1OC.Cl. The molecule has 1 aliphatic heterocycles. The van der Waals surface area contributed by atoms with Crippen molar-refractivity contribution in [2.45, 2.75) is 19.0 Å². The topological polar surface area (TPSA) is 68.8 Å². The molecule has 1 unspecified atom stereocenters. The Kier molecular flexibility index (Phi) is 9.10. The highest BCUT2D eigenvalue weighted by Crippen LogP contribution is 2.39. The molecular formula is C16H25ClN2O4S. The zero-order valence-electron chi connectivity index (χ0n) is 14.2. The van der Waals surface area contributed by atoms with Gasteiger partial charge in [0, 0.05) is 42.6 Å². The molecule has 1 saturated heterocycles. The van der Waals surface area contributed by atoms with Gasteiger partial charge in [-0.2, -0.15) is 11.8 Å². The fourth-order valence-electron chi connectivity index (χ4n) is 2.54. The lowest BCUT2D eigenvalue weighted by atomic mass is 10.1. The molecule has 0 spiro atoms. The maximum atomic E-state index is 12.1. The van der Waals surface area contributed by atoms with Gasteiger partial charge in [-0.1, -0.05) is 0 Å². The van der Waals surface area contributed by atoms with Crippen molar-refractivity contribution in [2.24, 2.45) is 0 Å². The van der Waals surface area contributed by atoms with Gasteiger partial charge in [0.05, 0.1) is 21.3 Å². The molecule has 0 aromatic heterocycles. The minimum Gasteiger partial charge on any atom is -0.493 e. The Morgan fingerprint density at radius 1 is 1.25 bits per heavy atom. The summed E-state index contributed by atoms with van der Waals surface area (Å²) >= 11 is 1.88. The van der Waals surface area contributed by atoms with E-state index < -0.39 is 0 Å². The lowest BCUT2D eigenvalue weighted by molar-refractivity contribution is -0.121. The summed E-state index contributed by atoms with van der Waals surface area (Å²) in [6.07, 6.45) is 0.489. The maximum Gasteiger partial charge on any atom is 0.221 e. The molecule has 8 heteroatoms. The highest BCUT2D eigenvalue weighted by Gasteiger charge is 2.18. The van der Waals surface area contributed by atoms with E-state index in [1.807, 2.05) is 23.9 Å². The average Bonchev–Trinajstić information content (AvgIpc) is 2.59. The van der Waals surface area contributed by atoms with E-state index in [4.69, 9.17) is 14.2 Å². The average molecular weight is 377 g/mol. The second kappa shape index (κ2) is 10.5. The maximum absolute atomic E-state index is 12.1. The Morgan fingerprint density at radius 3 is 2.58 bits per heavy atom. The summed E-state index contributed by atoms with van der Waals surface area (Å²) in [6, 6.07) is 3.93. The van der Waals surface area contributed by atoms with Crippen LogP contribution in [0.2, 0.25) is 0 Å². The van der Waals surface area contributed by atoms with Crippen molar-refractivity contribution in [1.82, 2.24) is 10.6 Å².